The Morgan fingerprint density at radius 3 is 2.22 bits per heavy atom. The van der Waals surface area contributed by atoms with Crippen LogP contribution >= 0.6 is 0 Å². The molecule has 2 aromatic rings. The Labute approximate surface area is 142 Å². The molecule has 0 fully saturated rings. The fourth-order valence-electron chi connectivity index (χ4n) is 5.52. The van der Waals surface area contributed by atoms with Crippen molar-refractivity contribution < 1.29 is 0 Å². The summed E-state index contributed by atoms with van der Waals surface area (Å²) in [5, 5.41) is 1.56. The summed E-state index contributed by atoms with van der Waals surface area (Å²) in [6, 6.07) is 0. The monoisotopic (exact) mass is 311 g/mol. The molecule has 126 valence electrons. The van der Waals surface area contributed by atoms with Crippen molar-refractivity contribution in [3.63, 3.8) is 0 Å². The van der Waals surface area contributed by atoms with Crippen LogP contribution in [0.15, 0.2) is 0 Å². The van der Waals surface area contributed by atoms with E-state index < -0.39 is 0 Å². The Balaban J connectivity index is 2.57. The van der Waals surface area contributed by atoms with E-state index in [0.29, 0.717) is 5.92 Å². The van der Waals surface area contributed by atoms with Gasteiger partial charge in [0.15, 0.2) is 0 Å². The quantitative estimate of drug-likeness (QED) is 0.601. The number of aryl methyl sites for hydroxylation is 3. The molecule has 0 saturated carbocycles. The number of benzene rings is 1. The summed E-state index contributed by atoms with van der Waals surface area (Å²) in [5.74, 6) is 1.39. The summed E-state index contributed by atoms with van der Waals surface area (Å²) in [7, 11) is 2.29. The number of fused-ring (bicyclic) bond motifs is 3. The SMILES string of the molecule is CCc1c(C)c(C)c2c(c1C)c1c(n2C)C(C)(C)CC(C)C1C. The number of hydrogen-bond donors (Lipinski definition) is 0. The maximum Gasteiger partial charge on any atom is 0.0518 e. The van der Waals surface area contributed by atoms with Crippen LogP contribution in [0.4, 0.5) is 0 Å². The molecule has 1 aliphatic rings. The Hall–Kier alpha value is -1.24. The van der Waals surface area contributed by atoms with Crippen molar-refractivity contribution in [3.05, 3.63) is 33.5 Å². The van der Waals surface area contributed by atoms with Crippen LogP contribution in [0.1, 0.15) is 80.5 Å². The second-order valence-electron chi connectivity index (χ2n) is 8.61. The van der Waals surface area contributed by atoms with Crippen LogP contribution in [0.25, 0.3) is 10.9 Å². The van der Waals surface area contributed by atoms with Gasteiger partial charge in [-0.3, -0.25) is 0 Å². The van der Waals surface area contributed by atoms with E-state index in [4.69, 9.17) is 0 Å². The predicted octanol–water partition coefficient (Wildman–Crippen LogP) is 6.09. The molecule has 0 N–H and O–H groups in total. The molecular formula is C22H33N. The molecule has 2 atom stereocenters. The largest absolute Gasteiger partial charge is 0.347 e. The highest BCUT2D eigenvalue weighted by atomic mass is 15.0. The molecule has 1 heterocycles. The molecule has 1 aromatic heterocycles. The maximum atomic E-state index is 2.53. The summed E-state index contributed by atoms with van der Waals surface area (Å²) in [6.07, 6.45) is 2.41. The van der Waals surface area contributed by atoms with Gasteiger partial charge >= 0.3 is 0 Å². The Morgan fingerprint density at radius 2 is 1.65 bits per heavy atom. The smallest absolute Gasteiger partial charge is 0.0518 e. The average molecular weight is 312 g/mol. The first kappa shape index (κ1) is 16.6. The van der Waals surface area contributed by atoms with Crippen molar-refractivity contribution in [1.29, 1.82) is 0 Å². The molecule has 1 aromatic carbocycles. The summed E-state index contributed by atoms with van der Waals surface area (Å²) in [6.45, 7) is 19.0. The summed E-state index contributed by atoms with van der Waals surface area (Å²) in [4.78, 5) is 0. The number of rotatable bonds is 1. The molecule has 1 aliphatic carbocycles. The third-order valence-electron chi connectivity index (χ3n) is 6.77. The maximum absolute atomic E-state index is 2.53. The van der Waals surface area contributed by atoms with E-state index in [0.717, 1.165) is 12.3 Å². The standard InChI is InChI=1S/C22H33N/c1-10-17-14(4)15(5)20-18(16(17)6)19-13(3)12(2)11-22(7,8)21(19)23(20)9/h12-13H,10-11H2,1-9H3. The molecule has 3 rings (SSSR count). The Kier molecular flexibility index (Phi) is 3.70. The normalized spacial score (nSPS) is 23.3. The highest BCUT2D eigenvalue weighted by Gasteiger charge is 2.40. The zero-order valence-electron chi connectivity index (χ0n) is 16.5. The summed E-state index contributed by atoms with van der Waals surface area (Å²) in [5.41, 5.74) is 11.0. The molecule has 0 aliphatic heterocycles. The zero-order chi connectivity index (χ0) is 17.3. The van der Waals surface area contributed by atoms with Crippen LogP contribution in [-0.2, 0) is 18.9 Å². The minimum atomic E-state index is 0.258. The van der Waals surface area contributed by atoms with Crippen LogP contribution in [-0.4, -0.2) is 4.57 Å². The topological polar surface area (TPSA) is 4.93 Å². The van der Waals surface area contributed by atoms with Gasteiger partial charge in [-0.2, -0.15) is 0 Å². The molecule has 0 bridgehead atoms. The van der Waals surface area contributed by atoms with Gasteiger partial charge in [-0.15, -0.1) is 0 Å². The van der Waals surface area contributed by atoms with Gasteiger partial charge in [0.1, 0.15) is 0 Å². The molecule has 0 spiro atoms. The van der Waals surface area contributed by atoms with Crippen LogP contribution < -0.4 is 0 Å². The van der Waals surface area contributed by atoms with Crippen molar-refractivity contribution in [2.45, 2.75) is 79.6 Å². The van der Waals surface area contributed by atoms with Gasteiger partial charge < -0.3 is 4.57 Å². The molecule has 0 saturated heterocycles. The van der Waals surface area contributed by atoms with E-state index in [1.165, 1.54) is 28.6 Å². The highest BCUT2D eigenvalue weighted by molar-refractivity contribution is 5.94. The predicted molar refractivity (Wildman–Crippen MR) is 102 cm³/mol. The van der Waals surface area contributed by atoms with Gasteiger partial charge in [0.25, 0.3) is 0 Å². The first-order chi connectivity index (χ1) is 10.6. The third kappa shape index (κ3) is 2.05. The van der Waals surface area contributed by atoms with Gasteiger partial charge in [0, 0.05) is 23.5 Å². The molecule has 1 nitrogen and oxygen atoms in total. The molecular weight excluding hydrogens is 278 g/mol. The number of nitrogens with zero attached hydrogens (tertiary/aromatic N) is 1. The van der Waals surface area contributed by atoms with E-state index in [1.807, 2.05) is 0 Å². The van der Waals surface area contributed by atoms with Crippen molar-refractivity contribution >= 4 is 10.9 Å². The van der Waals surface area contributed by atoms with Gasteiger partial charge in [-0.1, -0.05) is 34.6 Å². The van der Waals surface area contributed by atoms with E-state index >= 15 is 0 Å². The Morgan fingerprint density at radius 1 is 1.04 bits per heavy atom. The number of aromatic nitrogens is 1. The van der Waals surface area contributed by atoms with Gasteiger partial charge in [-0.25, -0.2) is 0 Å². The second-order valence-corrected chi connectivity index (χ2v) is 8.61. The van der Waals surface area contributed by atoms with Crippen LogP contribution in [0.3, 0.4) is 0 Å². The van der Waals surface area contributed by atoms with E-state index in [1.54, 1.807) is 22.2 Å². The van der Waals surface area contributed by atoms with Gasteiger partial charge in [-0.05, 0) is 73.3 Å². The van der Waals surface area contributed by atoms with Crippen LogP contribution in [0.2, 0.25) is 0 Å². The first-order valence-corrected chi connectivity index (χ1v) is 9.24. The van der Waals surface area contributed by atoms with Crippen molar-refractivity contribution in [1.82, 2.24) is 4.57 Å². The van der Waals surface area contributed by atoms with Crippen molar-refractivity contribution in [2.75, 3.05) is 0 Å². The van der Waals surface area contributed by atoms with Crippen molar-refractivity contribution in [3.8, 4) is 0 Å². The molecule has 0 radical (unpaired) electrons. The van der Waals surface area contributed by atoms with Crippen LogP contribution in [0.5, 0.6) is 0 Å². The third-order valence-corrected chi connectivity index (χ3v) is 6.77. The van der Waals surface area contributed by atoms with E-state index in [9.17, 15) is 0 Å². The lowest BCUT2D eigenvalue weighted by Crippen LogP contribution is -2.32. The molecule has 23 heavy (non-hydrogen) atoms. The fraction of sp³-hybridized carbons (Fsp3) is 0.636. The summed E-state index contributed by atoms with van der Waals surface area (Å²) >= 11 is 0. The lowest BCUT2D eigenvalue weighted by Gasteiger charge is -2.39. The second kappa shape index (κ2) is 5.13. The van der Waals surface area contributed by atoms with Gasteiger partial charge in [0.05, 0.1) is 5.52 Å². The van der Waals surface area contributed by atoms with Gasteiger partial charge in [0.2, 0.25) is 0 Å². The van der Waals surface area contributed by atoms with Crippen molar-refractivity contribution in [2.24, 2.45) is 13.0 Å². The Bertz CT molecular complexity index is 789. The molecule has 1 heteroatoms. The fourth-order valence-corrected chi connectivity index (χ4v) is 5.52. The van der Waals surface area contributed by atoms with Crippen LogP contribution in [0, 0.1) is 26.7 Å². The molecule has 2 unspecified atom stereocenters. The first-order valence-electron chi connectivity index (χ1n) is 9.24. The lowest BCUT2D eigenvalue weighted by atomic mass is 9.67. The average Bonchev–Trinajstić information content (AvgIpc) is 2.78. The highest BCUT2D eigenvalue weighted by Crippen LogP contribution is 2.51. The minimum absolute atomic E-state index is 0.258. The number of hydrogen-bond acceptors (Lipinski definition) is 0. The lowest BCUT2D eigenvalue weighted by molar-refractivity contribution is 0.300. The zero-order valence-corrected chi connectivity index (χ0v) is 16.5. The van der Waals surface area contributed by atoms with E-state index in [2.05, 4.69) is 67.0 Å². The summed E-state index contributed by atoms with van der Waals surface area (Å²) < 4.78 is 2.53. The van der Waals surface area contributed by atoms with E-state index in [-0.39, 0.29) is 5.41 Å². The molecule has 0 amide bonds. The minimum Gasteiger partial charge on any atom is -0.347 e.